The highest BCUT2D eigenvalue weighted by Crippen LogP contribution is 2.23. The predicted molar refractivity (Wildman–Crippen MR) is 92.8 cm³/mol. The smallest absolute Gasteiger partial charge is 0.239 e. The number of sulfonamides is 1. The minimum absolute atomic E-state index is 0.103. The van der Waals surface area contributed by atoms with Crippen molar-refractivity contribution in [3.63, 3.8) is 0 Å². The number of hydrogen-bond acceptors (Lipinski definition) is 4. The van der Waals surface area contributed by atoms with Crippen LogP contribution in [0, 0.1) is 11.3 Å². The third-order valence-electron chi connectivity index (χ3n) is 4.26. The van der Waals surface area contributed by atoms with Crippen LogP contribution >= 0.6 is 0 Å². The van der Waals surface area contributed by atoms with Gasteiger partial charge in [0.1, 0.15) is 0 Å². The summed E-state index contributed by atoms with van der Waals surface area (Å²) in [6.07, 6.45) is 6.99. The van der Waals surface area contributed by atoms with Crippen molar-refractivity contribution in [1.82, 2.24) is 4.31 Å². The Bertz CT molecular complexity index is 700. The summed E-state index contributed by atoms with van der Waals surface area (Å²) in [5.41, 5.74) is 1.05. The molecule has 1 fully saturated rings. The molecule has 0 spiro atoms. The molecule has 6 nitrogen and oxygen atoms in total. The van der Waals surface area contributed by atoms with Crippen molar-refractivity contribution in [2.24, 2.45) is 0 Å². The average molecular weight is 349 g/mol. The highest BCUT2D eigenvalue weighted by molar-refractivity contribution is 7.88. The molecular weight excluding hydrogens is 326 g/mol. The highest BCUT2D eigenvalue weighted by Gasteiger charge is 2.29. The Morgan fingerprint density at radius 3 is 2.29 bits per heavy atom. The van der Waals surface area contributed by atoms with Gasteiger partial charge in [0.2, 0.25) is 15.9 Å². The fraction of sp³-hybridized carbons (Fsp3) is 0.529. The maximum absolute atomic E-state index is 12.3. The van der Waals surface area contributed by atoms with E-state index in [-0.39, 0.29) is 18.5 Å². The Morgan fingerprint density at radius 1 is 1.21 bits per heavy atom. The van der Waals surface area contributed by atoms with Crippen LogP contribution in [0.4, 0.5) is 5.69 Å². The quantitative estimate of drug-likeness (QED) is 0.827. The minimum Gasteiger partial charge on any atom is -0.325 e. The first-order chi connectivity index (χ1) is 11.4. The van der Waals surface area contributed by atoms with Gasteiger partial charge in [0.25, 0.3) is 0 Å². The first-order valence-corrected chi connectivity index (χ1v) is 10.0. The zero-order valence-electron chi connectivity index (χ0n) is 13.9. The van der Waals surface area contributed by atoms with Crippen LogP contribution in [-0.2, 0) is 14.8 Å². The number of rotatable bonds is 5. The number of anilines is 1. The number of nitrogens with zero attached hydrogens (tertiary/aromatic N) is 2. The molecule has 0 aromatic heterocycles. The van der Waals surface area contributed by atoms with Crippen LogP contribution in [-0.4, -0.2) is 37.5 Å². The van der Waals surface area contributed by atoms with Gasteiger partial charge < -0.3 is 5.32 Å². The van der Waals surface area contributed by atoms with Crippen LogP contribution in [0.2, 0.25) is 0 Å². The molecule has 0 heterocycles. The van der Waals surface area contributed by atoms with E-state index in [1.807, 2.05) is 6.07 Å². The van der Waals surface area contributed by atoms with Crippen molar-refractivity contribution in [3.05, 3.63) is 29.8 Å². The number of carbonyl (C=O) groups is 1. The fourth-order valence-electron chi connectivity index (χ4n) is 3.03. The first kappa shape index (κ1) is 18.4. The molecule has 0 unspecified atom stereocenters. The Hall–Kier alpha value is -1.91. The lowest BCUT2D eigenvalue weighted by Crippen LogP contribution is -2.44. The summed E-state index contributed by atoms with van der Waals surface area (Å²) < 4.78 is 25.6. The fourth-order valence-corrected chi connectivity index (χ4v) is 4.14. The number of nitriles is 1. The monoisotopic (exact) mass is 349 g/mol. The molecule has 24 heavy (non-hydrogen) atoms. The molecule has 0 radical (unpaired) electrons. The lowest BCUT2D eigenvalue weighted by Gasteiger charge is -2.28. The third-order valence-corrected chi connectivity index (χ3v) is 5.53. The van der Waals surface area contributed by atoms with Crippen molar-refractivity contribution in [1.29, 1.82) is 5.26 Å². The zero-order valence-corrected chi connectivity index (χ0v) is 14.7. The van der Waals surface area contributed by atoms with E-state index in [0.29, 0.717) is 11.3 Å². The molecule has 1 aromatic rings. The van der Waals surface area contributed by atoms with E-state index < -0.39 is 10.0 Å². The Kier molecular flexibility index (Phi) is 6.35. The standard InChI is InChI=1S/C17H23N3O3S/c1-24(22,23)20(16-6-4-2-3-5-7-16)13-17(21)19-15-10-8-14(12-18)9-11-15/h8-11,16H,2-7,13H2,1H3,(H,19,21). The number of nitrogens with one attached hydrogen (secondary N) is 1. The van der Waals surface area contributed by atoms with Gasteiger partial charge in [0.05, 0.1) is 24.4 Å². The van der Waals surface area contributed by atoms with Crippen molar-refractivity contribution in [2.45, 2.75) is 44.6 Å². The molecule has 0 saturated heterocycles. The highest BCUT2D eigenvalue weighted by atomic mass is 32.2. The van der Waals surface area contributed by atoms with Crippen molar-refractivity contribution in [3.8, 4) is 6.07 Å². The maximum Gasteiger partial charge on any atom is 0.239 e. The topological polar surface area (TPSA) is 90.3 Å². The molecule has 0 bridgehead atoms. The Labute approximate surface area is 143 Å². The molecular formula is C17H23N3O3S. The van der Waals surface area contributed by atoms with Crippen LogP contribution in [0.1, 0.15) is 44.1 Å². The largest absolute Gasteiger partial charge is 0.325 e. The molecule has 1 aromatic carbocycles. The van der Waals surface area contributed by atoms with E-state index in [1.165, 1.54) is 4.31 Å². The van der Waals surface area contributed by atoms with Gasteiger partial charge in [-0.1, -0.05) is 25.7 Å². The summed E-state index contributed by atoms with van der Waals surface area (Å²) in [6.45, 7) is -0.177. The first-order valence-electron chi connectivity index (χ1n) is 8.17. The van der Waals surface area contributed by atoms with Crippen molar-refractivity contribution < 1.29 is 13.2 Å². The van der Waals surface area contributed by atoms with Crippen LogP contribution < -0.4 is 5.32 Å². The molecule has 130 valence electrons. The van der Waals surface area contributed by atoms with Gasteiger partial charge in [0.15, 0.2) is 0 Å². The Balaban J connectivity index is 2.05. The van der Waals surface area contributed by atoms with Gasteiger partial charge in [-0.3, -0.25) is 4.79 Å². The average Bonchev–Trinajstić information content (AvgIpc) is 2.81. The SMILES string of the molecule is CS(=O)(=O)N(CC(=O)Nc1ccc(C#N)cc1)C1CCCCCC1. The summed E-state index contributed by atoms with van der Waals surface area (Å²) in [6, 6.07) is 8.38. The zero-order chi connectivity index (χ0) is 17.6. The van der Waals surface area contributed by atoms with Crippen LogP contribution in [0.5, 0.6) is 0 Å². The van der Waals surface area contributed by atoms with Crippen molar-refractivity contribution in [2.75, 3.05) is 18.1 Å². The van der Waals surface area contributed by atoms with Gasteiger partial charge in [-0.05, 0) is 37.1 Å². The van der Waals surface area contributed by atoms with Gasteiger partial charge >= 0.3 is 0 Å². The van der Waals surface area contributed by atoms with E-state index in [1.54, 1.807) is 24.3 Å². The van der Waals surface area contributed by atoms with Crippen molar-refractivity contribution >= 4 is 21.6 Å². The molecule has 2 rings (SSSR count). The minimum atomic E-state index is -3.45. The van der Waals surface area contributed by atoms with Gasteiger partial charge in [-0.2, -0.15) is 9.57 Å². The Morgan fingerprint density at radius 2 is 1.79 bits per heavy atom. The van der Waals surface area contributed by atoms with Crippen LogP contribution in [0.25, 0.3) is 0 Å². The second kappa shape index (κ2) is 8.27. The number of benzene rings is 1. The summed E-state index contributed by atoms with van der Waals surface area (Å²) >= 11 is 0. The third kappa shape index (κ3) is 5.32. The number of hydrogen-bond donors (Lipinski definition) is 1. The molecule has 0 aliphatic heterocycles. The van der Waals surface area contributed by atoms with E-state index in [4.69, 9.17) is 5.26 Å². The lowest BCUT2D eigenvalue weighted by atomic mass is 10.1. The van der Waals surface area contributed by atoms with E-state index >= 15 is 0 Å². The summed E-state index contributed by atoms with van der Waals surface area (Å²) in [4.78, 5) is 12.3. The lowest BCUT2D eigenvalue weighted by molar-refractivity contribution is -0.116. The van der Waals surface area contributed by atoms with Gasteiger partial charge in [-0.25, -0.2) is 8.42 Å². The normalized spacial score (nSPS) is 16.4. The van der Waals surface area contributed by atoms with Crippen LogP contribution in [0.15, 0.2) is 24.3 Å². The summed E-state index contributed by atoms with van der Waals surface area (Å²) in [7, 11) is -3.45. The second-order valence-corrected chi connectivity index (χ2v) is 8.13. The predicted octanol–water partition coefficient (Wildman–Crippen LogP) is 2.48. The van der Waals surface area contributed by atoms with Gasteiger partial charge in [-0.15, -0.1) is 0 Å². The number of amides is 1. The number of carbonyl (C=O) groups excluding carboxylic acids is 1. The molecule has 0 atom stereocenters. The molecule has 1 N–H and O–H groups in total. The molecule has 1 saturated carbocycles. The molecule has 7 heteroatoms. The second-order valence-electron chi connectivity index (χ2n) is 6.19. The summed E-state index contributed by atoms with van der Waals surface area (Å²) in [5.74, 6) is -0.366. The molecule has 1 aliphatic rings. The van der Waals surface area contributed by atoms with Gasteiger partial charge in [0, 0.05) is 11.7 Å². The van der Waals surface area contributed by atoms with E-state index in [9.17, 15) is 13.2 Å². The van der Waals surface area contributed by atoms with Crippen LogP contribution in [0.3, 0.4) is 0 Å². The molecule has 1 amide bonds. The van der Waals surface area contributed by atoms with E-state index in [2.05, 4.69) is 5.32 Å². The molecule has 1 aliphatic carbocycles. The summed E-state index contributed by atoms with van der Waals surface area (Å²) in [5, 5.41) is 11.5. The maximum atomic E-state index is 12.3. The van der Waals surface area contributed by atoms with E-state index in [0.717, 1.165) is 44.8 Å².